The molecule has 0 saturated carbocycles. The van der Waals surface area contributed by atoms with E-state index < -0.39 is 17.5 Å². The highest BCUT2D eigenvalue weighted by molar-refractivity contribution is 5.71. The molecule has 0 atom stereocenters. The van der Waals surface area contributed by atoms with Gasteiger partial charge in [-0.15, -0.1) is 0 Å². The lowest BCUT2D eigenvalue weighted by Gasteiger charge is -2.07. The van der Waals surface area contributed by atoms with E-state index in [-0.39, 0.29) is 17.1 Å². The maximum absolute atomic E-state index is 13.5. The molecule has 1 heterocycles. The SMILES string of the molecule is CNc1nccnc1-c1cc(F)c(F)cc1F. The number of nitrogens with zero attached hydrogens (tertiary/aromatic N) is 2. The van der Waals surface area contributed by atoms with Crippen molar-refractivity contribution in [2.24, 2.45) is 0 Å². The van der Waals surface area contributed by atoms with E-state index in [2.05, 4.69) is 15.3 Å². The van der Waals surface area contributed by atoms with Gasteiger partial charge in [0.25, 0.3) is 0 Å². The molecule has 0 aliphatic carbocycles. The zero-order valence-electron chi connectivity index (χ0n) is 8.84. The molecule has 0 radical (unpaired) electrons. The van der Waals surface area contributed by atoms with E-state index >= 15 is 0 Å². The third-order valence-corrected chi connectivity index (χ3v) is 2.20. The third-order valence-electron chi connectivity index (χ3n) is 2.20. The molecule has 2 rings (SSSR count). The molecule has 2 aromatic rings. The number of anilines is 1. The fraction of sp³-hybridized carbons (Fsp3) is 0.0909. The number of benzene rings is 1. The molecule has 0 bridgehead atoms. The van der Waals surface area contributed by atoms with Crippen LogP contribution in [0.4, 0.5) is 19.0 Å². The van der Waals surface area contributed by atoms with E-state index in [1.54, 1.807) is 7.05 Å². The monoisotopic (exact) mass is 239 g/mol. The van der Waals surface area contributed by atoms with Gasteiger partial charge in [0.2, 0.25) is 0 Å². The molecular formula is C11H8F3N3. The summed E-state index contributed by atoms with van der Waals surface area (Å²) < 4.78 is 39.4. The molecule has 1 N–H and O–H groups in total. The Balaban J connectivity index is 2.64. The first-order chi connectivity index (χ1) is 8.13. The van der Waals surface area contributed by atoms with Gasteiger partial charge in [-0.05, 0) is 6.07 Å². The first-order valence-corrected chi connectivity index (χ1v) is 4.77. The first-order valence-electron chi connectivity index (χ1n) is 4.77. The van der Waals surface area contributed by atoms with Gasteiger partial charge in [-0.25, -0.2) is 18.2 Å². The normalized spacial score (nSPS) is 10.4. The molecule has 1 aromatic carbocycles. The fourth-order valence-corrected chi connectivity index (χ4v) is 1.42. The van der Waals surface area contributed by atoms with E-state index in [4.69, 9.17) is 0 Å². The Morgan fingerprint density at radius 1 is 0.941 bits per heavy atom. The minimum Gasteiger partial charge on any atom is -0.371 e. The molecule has 88 valence electrons. The van der Waals surface area contributed by atoms with Crippen LogP contribution in [0, 0.1) is 17.5 Å². The smallest absolute Gasteiger partial charge is 0.161 e. The van der Waals surface area contributed by atoms with Gasteiger partial charge in [0, 0.05) is 31.1 Å². The predicted octanol–water partition coefficient (Wildman–Crippen LogP) is 2.60. The Hall–Kier alpha value is -2.11. The van der Waals surface area contributed by atoms with Gasteiger partial charge in [0.15, 0.2) is 17.5 Å². The maximum Gasteiger partial charge on any atom is 0.161 e. The summed E-state index contributed by atoms with van der Waals surface area (Å²) in [5.74, 6) is -2.96. The lowest BCUT2D eigenvalue weighted by atomic mass is 10.1. The van der Waals surface area contributed by atoms with E-state index in [9.17, 15) is 13.2 Å². The largest absolute Gasteiger partial charge is 0.371 e. The van der Waals surface area contributed by atoms with Crippen LogP contribution in [0.1, 0.15) is 0 Å². The van der Waals surface area contributed by atoms with Gasteiger partial charge < -0.3 is 5.32 Å². The standard InChI is InChI=1S/C11H8F3N3/c1-15-11-10(16-2-3-17-11)6-4-8(13)9(14)5-7(6)12/h2-5H,1H3,(H,15,17). The van der Waals surface area contributed by atoms with E-state index in [1.807, 2.05) is 0 Å². The fourth-order valence-electron chi connectivity index (χ4n) is 1.42. The van der Waals surface area contributed by atoms with E-state index in [0.29, 0.717) is 6.07 Å². The number of halogens is 3. The van der Waals surface area contributed by atoms with Gasteiger partial charge in [-0.3, -0.25) is 4.98 Å². The highest BCUT2D eigenvalue weighted by Crippen LogP contribution is 2.27. The van der Waals surface area contributed by atoms with Gasteiger partial charge in [-0.2, -0.15) is 0 Å². The Bertz CT molecular complexity index is 558. The van der Waals surface area contributed by atoms with Crippen molar-refractivity contribution in [3.8, 4) is 11.3 Å². The molecule has 1 aromatic heterocycles. The van der Waals surface area contributed by atoms with Gasteiger partial charge >= 0.3 is 0 Å². The predicted molar refractivity (Wildman–Crippen MR) is 56.9 cm³/mol. The summed E-state index contributed by atoms with van der Waals surface area (Å²) in [5, 5.41) is 2.70. The average Bonchev–Trinajstić information content (AvgIpc) is 2.34. The van der Waals surface area contributed by atoms with Crippen LogP contribution in [0.15, 0.2) is 24.5 Å². The highest BCUT2D eigenvalue weighted by Gasteiger charge is 2.15. The zero-order valence-corrected chi connectivity index (χ0v) is 8.84. The van der Waals surface area contributed by atoms with Crippen molar-refractivity contribution >= 4 is 5.82 Å². The maximum atomic E-state index is 13.5. The number of hydrogen-bond donors (Lipinski definition) is 1. The van der Waals surface area contributed by atoms with Crippen molar-refractivity contribution in [3.63, 3.8) is 0 Å². The molecular weight excluding hydrogens is 231 g/mol. The summed E-state index contributed by atoms with van der Waals surface area (Å²) in [6, 6.07) is 1.24. The van der Waals surface area contributed by atoms with Crippen LogP contribution in [-0.4, -0.2) is 17.0 Å². The van der Waals surface area contributed by atoms with Crippen LogP contribution in [0.3, 0.4) is 0 Å². The van der Waals surface area contributed by atoms with Crippen molar-refractivity contribution < 1.29 is 13.2 Å². The molecule has 0 amide bonds. The zero-order chi connectivity index (χ0) is 12.4. The van der Waals surface area contributed by atoms with E-state index in [1.165, 1.54) is 12.4 Å². The summed E-state index contributed by atoms with van der Waals surface area (Å²) in [6.07, 6.45) is 2.75. The van der Waals surface area contributed by atoms with Crippen molar-refractivity contribution in [2.75, 3.05) is 12.4 Å². The summed E-state index contributed by atoms with van der Waals surface area (Å²) >= 11 is 0. The molecule has 6 heteroatoms. The summed E-state index contributed by atoms with van der Waals surface area (Å²) in [7, 11) is 1.57. The molecule has 17 heavy (non-hydrogen) atoms. The van der Waals surface area contributed by atoms with Crippen LogP contribution in [0.25, 0.3) is 11.3 Å². The Morgan fingerprint density at radius 2 is 1.59 bits per heavy atom. The molecule has 0 spiro atoms. The first kappa shape index (κ1) is 11.4. The topological polar surface area (TPSA) is 37.8 Å². The van der Waals surface area contributed by atoms with Crippen molar-refractivity contribution in [1.82, 2.24) is 9.97 Å². The van der Waals surface area contributed by atoms with Gasteiger partial charge in [0.05, 0.1) is 0 Å². The Kier molecular flexibility index (Phi) is 2.95. The minimum atomic E-state index is -1.24. The molecule has 3 nitrogen and oxygen atoms in total. The Morgan fingerprint density at radius 3 is 2.29 bits per heavy atom. The second-order valence-corrected chi connectivity index (χ2v) is 3.25. The third kappa shape index (κ3) is 2.06. The second-order valence-electron chi connectivity index (χ2n) is 3.25. The average molecular weight is 239 g/mol. The lowest BCUT2D eigenvalue weighted by Crippen LogP contribution is -2.00. The number of nitrogens with one attached hydrogen (secondary N) is 1. The second kappa shape index (κ2) is 4.40. The number of rotatable bonds is 2. The molecule has 0 fully saturated rings. The quantitative estimate of drug-likeness (QED) is 0.818. The minimum absolute atomic E-state index is 0.131. The van der Waals surface area contributed by atoms with Gasteiger partial charge in [-0.1, -0.05) is 0 Å². The molecule has 0 aliphatic rings. The molecule has 0 aliphatic heterocycles. The Labute approximate surface area is 95.3 Å². The van der Waals surface area contributed by atoms with Crippen molar-refractivity contribution in [2.45, 2.75) is 0 Å². The van der Waals surface area contributed by atoms with Crippen LogP contribution in [0.2, 0.25) is 0 Å². The summed E-state index contributed by atoms with van der Waals surface area (Å²) in [5.41, 5.74) is -0.00671. The lowest BCUT2D eigenvalue weighted by molar-refractivity contribution is 0.496. The van der Waals surface area contributed by atoms with Crippen LogP contribution in [0.5, 0.6) is 0 Å². The van der Waals surface area contributed by atoms with Crippen molar-refractivity contribution in [3.05, 3.63) is 42.0 Å². The summed E-state index contributed by atoms with van der Waals surface area (Å²) in [6.45, 7) is 0. The number of aromatic nitrogens is 2. The van der Waals surface area contributed by atoms with Crippen molar-refractivity contribution in [1.29, 1.82) is 0 Å². The van der Waals surface area contributed by atoms with Gasteiger partial charge in [0.1, 0.15) is 11.5 Å². The summed E-state index contributed by atoms with van der Waals surface area (Å²) in [4.78, 5) is 7.81. The van der Waals surface area contributed by atoms with Crippen LogP contribution >= 0.6 is 0 Å². The molecule has 0 unspecified atom stereocenters. The van der Waals surface area contributed by atoms with Crippen LogP contribution < -0.4 is 5.32 Å². The molecule has 0 saturated heterocycles. The van der Waals surface area contributed by atoms with E-state index in [0.717, 1.165) is 6.07 Å². The number of hydrogen-bond acceptors (Lipinski definition) is 3. The highest BCUT2D eigenvalue weighted by atomic mass is 19.2. The van der Waals surface area contributed by atoms with Crippen LogP contribution in [-0.2, 0) is 0 Å².